The molecule has 120 valence electrons. The summed E-state index contributed by atoms with van der Waals surface area (Å²) in [5.74, 6) is -0.612. The molecule has 3 rings (SSSR count). The number of anilines is 1. The average Bonchev–Trinajstić information content (AvgIpc) is 2.85. The Balaban J connectivity index is 1.76. The maximum atomic E-state index is 12.6. The zero-order valence-electron chi connectivity index (χ0n) is 13.2. The van der Waals surface area contributed by atoms with Gasteiger partial charge in [-0.05, 0) is 26.0 Å². The Morgan fingerprint density at radius 2 is 2.17 bits per heavy atom. The number of rotatable bonds is 3. The van der Waals surface area contributed by atoms with Crippen molar-refractivity contribution in [2.45, 2.75) is 30.0 Å². The van der Waals surface area contributed by atoms with Crippen molar-refractivity contribution in [3.63, 3.8) is 0 Å². The Bertz CT molecular complexity index is 786. The summed E-state index contributed by atoms with van der Waals surface area (Å²) in [6.07, 6.45) is 1.72. The van der Waals surface area contributed by atoms with Crippen LogP contribution >= 0.6 is 11.8 Å². The minimum atomic E-state index is -1.19. The van der Waals surface area contributed by atoms with Crippen molar-refractivity contribution in [1.82, 2.24) is 15.1 Å². The molecule has 0 bridgehead atoms. The molecular formula is C16H18N4O2S. The zero-order valence-corrected chi connectivity index (χ0v) is 14.0. The van der Waals surface area contributed by atoms with E-state index in [2.05, 4.69) is 15.7 Å². The predicted molar refractivity (Wildman–Crippen MR) is 89.1 cm³/mol. The fourth-order valence-corrected chi connectivity index (χ4v) is 3.50. The van der Waals surface area contributed by atoms with E-state index in [0.717, 1.165) is 21.8 Å². The maximum absolute atomic E-state index is 12.6. The molecular weight excluding hydrogens is 312 g/mol. The first-order valence-corrected chi connectivity index (χ1v) is 8.09. The number of aromatic nitrogens is 2. The number of carbonyl (C=O) groups is 2. The second-order valence-electron chi connectivity index (χ2n) is 5.65. The molecule has 0 fully saturated rings. The number of fused-ring (bicyclic) bond motifs is 1. The molecule has 6 nitrogen and oxygen atoms in total. The molecule has 2 aromatic rings. The van der Waals surface area contributed by atoms with Gasteiger partial charge in [0.2, 0.25) is 11.8 Å². The standard InChI is InChI=1S/C16H18N4O2S/c1-10-11(9-18-20(10)3)8-17-14(21)16(2)15(22)19-12-6-4-5-7-13(12)23-16/h4-7,9H,8H2,1-3H3,(H,17,21)(H,19,22). The number of hydrogen-bond acceptors (Lipinski definition) is 4. The van der Waals surface area contributed by atoms with Crippen LogP contribution in [0.3, 0.4) is 0 Å². The van der Waals surface area contributed by atoms with Gasteiger partial charge in [0.25, 0.3) is 0 Å². The van der Waals surface area contributed by atoms with Crippen LogP contribution in [-0.2, 0) is 23.2 Å². The van der Waals surface area contributed by atoms with Gasteiger partial charge in [0.05, 0.1) is 11.9 Å². The van der Waals surface area contributed by atoms with Gasteiger partial charge in [-0.2, -0.15) is 5.10 Å². The van der Waals surface area contributed by atoms with Crippen LogP contribution in [0, 0.1) is 6.92 Å². The van der Waals surface area contributed by atoms with Crippen molar-refractivity contribution in [1.29, 1.82) is 0 Å². The molecule has 2 heterocycles. The molecule has 2 N–H and O–H groups in total. The van der Waals surface area contributed by atoms with E-state index in [9.17, 15) is 9.59 Å². The van der Waals surface area contributed by atoms with Gasteiger partial charge in [0, 0.05) is 29.7 Å². The number of para-hydroxylation sites is 1. The van der Waals surface area contributed by atoms with Crippen molar-refractivity contribution in [3.8, 4) is 0 Å². The summed E-state index contributed by atoms with van der Waals surface area (Å²) in [6.45, 7) is 3.94. The number of thioether (sulfide) groups is 1. The van der Waals surface area contributed by atoms with E-state index in [1.807, 2.05) is 38.2 Å². The van der Waals surface area contributed by atoms with Gasteiger partial charge in [-0.25, -0.2) is 0 Å². The first-order valence-electron chi connectivity index (χ1n) is 7.27. The highest BCUT2D eigenvalue weighted by atomic mass is 32.2. The second-order valence-corrected chi connectivity index (χ2v) is 7.11. The number of carbonyl (C=O) groups excluding carboxylic acids is 2. The van der Waals surface area contributed by atoms with Gasteiger partial charge in [-0.1, -0.05) is 23.9 Å². The summed E-state index contributed by atoms with van der Waals surface area (Å²) in [5.41, 5.74) is 2.67. The third-order valence-corrected chi connectivity index (χ3v) is 5.45. The Morgan fingerprint density at radius 3 is 2.87 bits per heavy atom. The van der Waals surface area contributed by atoms with Gasteiger partial charge in [-0.15, -0.1) is 0 Å². The molecule has 1 atom stereocenters. The topological polar surface area (TPSA) is 76.0 Å². The Labute approximate surface area is 138 Å². The maximum Gasteiger partial charge on any atom is 0.250 e. The van der Waals surface area contributed by atoms with E-state index in [4.69, 9.17) is 0 Å². The number of benzene rings is 1. The van der Waals surface area contributed by atoms with Crippen LogP contribution in [0.2, 0.25) is 0 Å². The average molecular weight is 330 g/mol. The molecule has 0 saturated heterocycles. The lowest BCUT2D eigenvalue weighted by Crippen LogP contribution is -2.51. The molecule has 7 heteroatoms. The Morgan fingerprint density at radius 1 is 1.43 bits per heavy atom. The van der Waals surface area contributed by atoms with Crippen molar-refractivity contribution >= 4 is 29.3 Å². The summed E-state index contributed by atoms with van der Waals surface area (Å²) in [5, 5.41) is 9.81. The molecule has 1 aliphatic rings. The molecule has 1 aromatic carbocycles. The van der Waals surface area contributed by atoms with Gasteiger partial charge in [0.15, 0.2) is 4.75 Å². The van der Waals surface area contributed by atoms with Gasteiger partial charge < -0.3 is 10.6 Å². The quantitative estimate of drug-likeness (QED) is 0.842. The van der Waals surface area contributed by atoms with E-state index in [1.54, 1.807) is 17.8 Å². The molecule has 2 amide bonds. The zero-order chi connectivity index (χ0) is 16.6. The summed E-state index contributed by atoms with van der Waals surface area (Å²) >= 11 is 1.28. The van der Waals surface area contributed by atoms with E-state index in [0.29, 0.717) is 6.54 Å². The molecule has 1 aliphatic heterocycles. The van der Waals surface area contributed by atoms with Crippen molar-refractivity contribution < 1.29 is 9.59 Å². The predicted octanol–water partition coefficient (Wildman–Crippen LogP) is 1.85. The SMILES string of the molecule is Cc1c(CNC(=O)C2(C)Sc3ccccc3NC2=O)cnn1C. The van der Waals surface area contributed by atoms with Crippen molar-refractivity contribution in [3.05, 3.63) is 41.7 Å². The second kappa shape index (κ2) is 5.73. The Hall–Kier alpha value is -2.28. The van der Waals surface area contributed by atoms with E-state index in [1.165, 1.54) is 11.8 Å². The molecule has 23 heavy (non-hydrogen) atoms. The lowest BCUT2D eigenvalue weighted by atomic mass is 10.1. The lowest BCUT2D eigenvalue weighted by molar-refractivity contribution is -0.130. The van der Waals surface area contributed by atoms with Crippen LogP contribution in [0.1, 0.15) is 18.2 Å². The van der Waals surface area contributed by atoms with Crippen LogP contribution < -0.4 is 10.6 Å². The molecule has 0 radical (unpaired) electrons. The first kappa shape index (κ1) is 15.6. The van der Waals surface area contributed by atoms with Crippen molar-refractivity contribution in [2.24, 2.45) is 7.05 Å². The third-order valence-electron chi connectivity index (χ3n) is 4.09. The summed E-state index contributed by atoms with van der Waals surface area (Å²) in [4.78, 5) is 25.9. The third kappa shape index (κ3) is 2.72. The number of nitrogens with one attached hydrogen (secondary N) is 2. The summed E-state index contributed by atoms with van der Waals surface area (Å²) < 4.78 is 0.561. The van der Waals surface area contributed by atoms with Crippen LogP contribution in [0.5, 0.6) is 0 Å². The van der Waals surface area contributed by atoms with Crippen LogP contribution in [0.25, 0.3) is 0 Å². The molecule has 0 aliphatic carbocycles. The highest BCUT2D eigenvalue weighted by Gasteiger charge is 2.45. The molecule has 1 aromatic heterocycles. The van der Waals surface area contributed by atoms with Crippen LogP contribution in [0.15, 0.2) is 35.4 Å². The van der Waals surface area contributed by atoms with Gasteiger partial charge in [0.1, 0.15) is 0 Å². The monoisotopic (exact) mass is 330 g/mol. The summed E-state index contributed by atoms with van der Waals surface area (Å²) in [7, 11) is 1.85. The number of amides is 2. The number of aryl methyl sites for hydroxylation is 1. The number of hydrogen-bond donors (Lipinski definition) is 2. The minimum absolute atomic E-state index is 0.304. The largest absolute Gasteiger partial charge is 0.350 e. The normalized spacial score (nSPS) is 19.9. The lowest BCUT2D eigenvalue weighted by Gasteiger charge is -2.31. The van der Waals surface area contributed by atoms with Crippen LogP contribution in [0.4, 0.5) is 5.69 Å². The molecule has 1 unspecified atom stereocenters. The summed E-state index contributed by atoms with van der Waals surface area (Å²) in [6, 6.07) is 7.47. The highest BCUT2D eigenvalue weighted by Crippen LogP contribution is 2.42. The molecule has 0 saturated carbocycles. The first-order chi connectivity index (χ1) is 10.9. The smallest absolute Gasteiger partial charge is 0.250 e. The highest BCUT2D eigenvalue weighted by molar-refractivity contribution is 8.02. The number of nitrogens with zero attached hydrogens (tertiary/aromatic N) is 2. The van der Waals surface area contributed by atoms with Crippen molar-refractivity contribution in [2.75, 3.05) is 5.32 Å². The van der Waals surface area contributed by atoms with E-state index < -0.39 is 4.75 Å². The minimum Gasteiger partial charge on any atom is -0.350 e. The van der Waals surface area contributed by atoms with Gasteiger partial charge in [-0.3, -0.25) is 14.3 Å². The Kier molecular flexibility index (Phi) is 3.89. The fraction of sp³-hybridized carbons (Fsp3) is 0.312. The molecule has 0 spiro atoms. The van der Waals surface area contributed by atoms with Crippen LogP contribution in [-0.4, -0.2) is 26.3 Å². The van der Waals surface area contributed by atoms with E-state index >= 15 is 0 Å². The van der Waals surface area contributed by atoms with E-state index in [-0.39, 0.29) is 11.8 Å². The van der Waals surface area contributed by atoms with Gasteiger partial charge >= 0.3 is 0 Å². The fourth-order valence-electron chi connectivity index (χ4n) is 2.38.